The van der Waals surface area contributed by atoms with Crippen LogP contribution in [0.5, 0.6) is 0 Å². The van der Waals surface area contributed by atoms with Crippen molar-refractivity contribution in [1.82, 2.24) is 5.32 Å². The molecular formula is C20H26N2O3S. The summed E-state index contributed by atoms with van der Waals surface area (Å²) < 4.78 is 27.3. The van der Waals surface area contributed by atoms with Crippen molar-refractivity contribution in [3.05, 3.63) is 60.2 Å². The van der Waals surface area contributed by atoms with E-state index in [1.165, 1.54) is 12.1 Å². The van der Waals surface area contributed by atoms with Crippen LogP contribution in [0, 0.1) is 5.92 Å². The van der Waals surface area contributed by atoms with Gasteiger partial charge in [0, 0.05) is 17.3 Å². The molecule has 140 valence electrons. The topological polar surface area (TPSA) is 75.3 Å². The lowest BCUT2D eigenvalue weighted by molar-refractivity contribution is 0.0937. The fourth-order valence-corrected chi connectivity index (χ4v) is 3.57. The summed E-state index contributed by atoms with van der Waals surface area (Å²) in [6.45, 7) is 6.27. The molecule has 0 saturated heterocycles. The van der Waals surface area contributed by atoms with Crippen molar-refractivity contribution in [2.45, 2.75) is 44.6 Å². The number of hydrogen-bond acceptors (Lipinski definition) is 3. The third-order valence-electron chi connectivity index (χ3n) is 3.99. The molecule has 0 aromatic heterocycles. The monoisotopic (exact) mass is 374 g/mol. The average molecular weight is 375 g/mol. The third kappa shape index (κ3) is 5.88. The van der Waals surface area contributed by atoms with Crippen LogP contribution in [0.25, 0.3) is 0 Å². The van der Waals surface area contributed by atoms with E-state index in [4.69, 9.17) is 0 Å². The molecule has 0 heterocycles. The molecule has 2 rings (SSSR count). The molecule has 0 radical (unpaired) electrons. The average Bonchev–Trinajstić information content (AvgIpc) is 2.60. The van der Waals surface area contributed by atoms with Crippen molar-refractivity contribution in [3.63, 3.8) is 0 Å². The Morgan fingerprint density at radius 2 is 1.65 bits per heavy atom. The van der Waals surface area contributed by atoms with Gasteiger partial charge in [-0.2, -0.15) is 0 Å². The van der Waals surface area contributed by atoms with Crippen molar-refractivity contribution in [1.29, 1.82) is 0 Å². The van der Waals surface area contributed by atoms with Crippen LogP contribution in [0.15, 0.2) is 59.5 Å². The first kappa shape index (κ1) is 20.0. The normalized spacial score (nSPS) is 12.6. The third-order valence-corrected chi connectivity index (χ3v) is 5.38. The minimum absolute atomic E-state index is 0.0644. The van der Waals surface area contributed by atoms with Gasteiger partial charge in [0.2, 0.25) is 0 Å². The number of sulfonamides is 1. The van der Waals surface area contributed by atoms with E-state index in [9.17, 15) is 13.2 Å². The molecule has 6 heteroatoms. The summed E-state index contributed by atoms with van der Waals surface area (Å²) in [5.41, 5.74) is 0.783. The highest BCUT2D eigenvalue weighted by Crippen LogP contribution is 2.17. The first-order chi connectivity index (χ1) is 12.3. The molecule has 0 aliphatic rings. The van der Waals surface area contributed by atoms with Crippen LogP contribution < -0.4 is 10.0 Å². The van der Waals surface area contributed by atoms with Crippen LogP contribution in [0.4, 0.5) is 5.69 Å². The molecule has 1 atom stereocenters. The zero-order chi connectivity index (χ0) is 19.2. The molecule has 26 heavy (non-hydrogen) atoms. The first-order valence-corrected chi connectivity index (χ1v) is 10.2. The Kier molecular flexibility index (Phi) is 6.80. The fraction of sp³-hybridized carbons (Fsp3) is 0.350. The van der Waals surface area contributed by atoms with E-state index in [-0.39, 0.29) is 16.8 Å². The number of carbonyl (C=O) groups excluding carboxylic acids is 1. The summed E-state index contributed by atoms with van der Waals surface area (Å²) in [6, 6.07) is 14.7. The van der Waals surface area contributed by atoms with Gasteiger partial charge < -0.3 is 5.32 Å². The van der Waals surface area contributed by atoms with Crippen molar-refractivity contribution < 1.29 is 13.2 Å². The summed E-state index contributed by atoms with van der Waals surface area (Å²) in [5.74, 6) is 0.382. The molecule has 5 nitrogen and oxygen atoms in total. The van der Waals surface area contributed by atoms with Gasteiger partial charge >= 0.3 is 0 Å². The quantitative estimate of drug-likeness (QED) is 0.732. The molecule has 2 aromatic rings. The molecular weight excluding hydrogens is 348 g/mol. The molecule has 2 aromatic carbocycles. The van der Waals surface area contributed by atoms with Crippen LogP contribution >= 0.6 is 0 Å². The van der Waals surface area contributed by atoms with Crippen molar-refractivity contribution in [3.8, 4) is 0 Å². The fourth-order valence-electron chi connectivity index (χ4n) is 2.50. The second-order valence-electron chi connectivity index (χ2n) is 6.85. The van der Waals surface area contributed by atoms with E-state index in [1.54, 1.807) is 42.5 Å². The predicted octanol–water partition coefficient (Wildman–Crippen LogP) is 4.04. The maximum Gasteiger partial charge on any atom is 0.261 e. The Bertz CT molecular complexity index is 833. The Balaban J connectivity index is 2.07. The van der Waals surface area contributed by atoms with Gasteiger partial charge in [-0.05, 0) is 56.0 Å². The number of nitrogens with one attached hydrogen (secondary N) is 2. The summed E-state index contributed by atoms with van der Waals surface area (Å²) in [4.78, 5) is 12.6. The summed E-state index contributed by atoms with van der Waals surface area (Å²) in [5, 5.41) is 2.96. The zero-order valence-corrected chi connectivity index (χ0v) is 16.2. The highest BCUT2D eigenvalue weighted by molar-refractivity contribution is 7.92. The minimum atomic E-state index is -3.68. The van der Waals surface area contributed by atoms with Gasteiger partial charge in [-0.1, -0.05) is 38.1 Å². The largest absolute Gasteiger partial charge is 0.350 e. The summed E-state index contributed by atoms with van der Waals surface area (Å²) in [7, 11) is -3.68. The molecule has 0 saturated carbocycles. The first-order valence-electron chi connectivity index (χ1n) is 8.76. The van der Waals surface area contributed by atoms with Gasteiger partial charge in [0.15, 0.2) is 0 Å². The maximum atomic E-state index is 12.4. The predicted molar refractivity (Wildman–Crippen MR) is 105 cm³/mol. The number of benzene rings is 2. The van der Waals surface area contributed by atoms with Crippen LogP contribution in [-0.4, -0.2) is 20.4 Å². The Labute approximate surface area is 155 Å². The molecule has 0 bridgehead atoms. The van der Waals surface area contributed by atoms with E-state index in [2.05, 4.69) is 23.9 Å². The van der Waals surface area contributed by atoms with Crippen LogP contribution in [0.3, 0.4) is 0 Å². The second kappa shape index (κ2) is 8.85. The van der Waals surface area contributed by atoms with Gasteiger partial charge in [-0.3, -0.25) is 9.52 Å². The van der Waals surface area contributed by atoms with E-state index in [0.29, 0.717) is 17.2 Å². The Morgan fingerprint density at radius 3 is 2.31 bits per heavy atom. The van der Waals surface area contributed by atoms with E-state index in [1.807, 2.05) is 6.92 Å². The molecule has 2 N–H and O–H groups in total. The van der Waals surface area contributed by atoms with Gasteiger partial charge in [0.05, 0.1) is 4.90 Å². The van der Waals surface area contributed by atoms with E-state index < -0.39 is 10.0 Å². The van der Waals surface area contributed by atoms with E-state index in [0.717, 1.165) is 12.8 Å². The second-order valence-corrected chi connectivity index (χ2v) is 8.53. The van der Waals surface area contributed by atoms with Crippen LogP contribution in [-0.2, 0) is 10.0 Å². The molecule has 1 unspecified atom stereocenters. The summed E-state index contributed by atoms with van der Waals surface area (Å²) >= 11 is 0. The van der Waals surface area contributed by atoms with Crippen molar-refractivity contribution >= 4 is 21.6 Å². The molecule has 1 amide bonds. The number of hydrogen-bond donors (Lipinski definition) is 2. The van der Waals surface area contributed by atoms with Crippen molar-refractivity contribution in [2.75, 3.05) is 4.72 Å². The standard InChI is InChI=1S/C20H26N2O3S/c1-15(2)12-13-16(3)21-20(23)17-8-7-9-18(14-17)22-26(24,25)19-10-5-4-6-11-19/h4-11,14-16,22H,12-13H2,1-3H3,(H,21,23). The maximum absolute atomic E-state index is 12.4. The lowest BCUT2D eigenvalue weighted by Gasteiger charge is -2.15. The number of anilines is 1. The molecule has 0 aliphatic heterocycles. The van der Waals surface area contributed by atoms with Crippen molar-refractivity contribution in [2.24, 2.45) is 5.92 Å². The van der Waals surface area contributed by atoms with Gasteiger partial charge in [-0.15, -0.1) is 0 Å². The SMILES string of the molecule is CC(C)CCC(C)NC(=O)c1cccc(NS(=O)(=O)c2ccccc2)c1. The molecule has 0 aliphatic carbocycles. The lowest BCUT2D eigenvalue weighted by atomic mass is 10.0. The lowest BCUT2D eigenvalue weighted by Crippen LogP contribution is -2.32. The van der Waals surface area contributed by atoms with E-state index >= 15 is 0 Å². The van der Waals surface area contributed by atoms with Crippen LogP contribution in [0.2, 0.25) is 0 Å². The Morgan fingerprint density at radius 1 is 0.962 bits per heavy atom. The number of carbonyl (C=O) groups is 1. The Hall–Kier alpha value is -2.34. The zero-order valence-electron chi connectivity index (χ0n) is 15.4. The molecule has 0 fully saturated rings. The van der Waals surface area contributed by atoms with Gasteiger partial charge in [0.1, 0.15) is 0 Å². The van der Waals surface area contributed by atoms with Gasteiger partial charge in [0.25, 0.3) is 15.9 Å². The molecule has 0 spiro atoms. The smallest absolute Gasteiger partial charge is 0.261 e. The number of rotatable bonds is 8. The van der Waals surface area contributed by atoms with Crippen LogP contribution in [0.1, 0.15) is 44.0 Å². The summed E-state index contributed by atoms with van der Waals surface area (Å²) in [6.07, 6.45) is 1.95. The van der Waals surface area contributed by atoms with Gasteiger partial charge in [-0.25, -0.2) is 8.42 Å². The number of amides is 1. The highest BCUT2D eigenvalue weighted by Gasteiger charge is 2.15. The highest BCUT2D eigenvalue weighted by atomic mass is 32.2. The minimum Gasteiger partial charge on any atom is -0.350 e.